The molecule has 0 aliphatic carbocycles. The second-order valence-electron chi connectivity index (χ2n) is 4.02. The van der Waals surface area contributed by atoms with Crippen LogP contribution in [0.25, 0.3) is 0 Å². The molecule has 1 heterocycles. The van der Waals surface area contributed by atoms with Crippen LogP contribution in [0.2, 0.25) is 0 Å². The van der Waals surface area contributed by atoms with E-state index < -0.39 is 5.91 Å². The molecule has 1 aromatic rings. The summed E-state index contributed by atoms with van der Waals surface area (Å²) in [5, 5.41) is 1.84. The molecule has 0 atom stereocenters. The van der Waals surface area contributed by atoms with Gasteiger partial charge >= 0.3 is 0 Å². The minimum Gasteiger partial charge on any atom is -0.368 e. The van der Waals surface area contributed by atoms with Crippen molar-refractivity contribution in [2.75, 3.05) is 13.1 Å². The van der Waals surface area contributed by atoms with Crippen molar-refractivity contribution in [3.8, 4) is 0 Å². The summed E-state index contributed by atoms with van der Waals surface area (Å²) in [7, 11) is 0. The van der Waals surface area contributed by atoms with Crippen LogP contribution >= 0.6 is 11.3 Å². The quantitative estimate of drug-likeness (QED) is 0.844. The van der Waals surface area contributed by atoms with Crippen LogP contribution in [-0.4, -0.2) is 29.8 Å². The number of amides is 2. The molecule has 0 bridgehead atoms. The van der Waals surface area contributed by atoms with Crippen LogP contribution in [0.15, 0.2) is 17.5 Å². The van der Waals surface area contributed by atoms with Gasteiger partial charge in [0.1, 0.15) is 0 Å². The molecular formula is C11H16N2O2S. The number of thiophene rings is 1. The Morgan fingerprint density at radius 1 is 1.50 bits per heavy atom. The molecule has 0 radical (unpaired) electrons. The topological polar surface area (TPSA) is 63.4 Å². The van der Waals surface area contributed by atoms with E-state index >= 15 is 0 Å². The van der Waals surface area contributed by atoms with Crippen LogP contribution in [0.5, 0.6) is 0 Å². The molecule has 0 aromatic carbocycles. The highest BCUT2D eigenvalue weighted by Gasteiger charge is 2.19. The lowest BCUT2D eigenvalue weighted by Gasteiger charge is -2.22. The molecule has 2 amide bonds. The SMILES string of the molecule is CC(C)CN(CC(N)=O)C(=O)c1cccs1. The van der Waals surface area contributed by atoms with Gasteiger partial charge in [-0.2, -0.15) is 0 Å². The van der Waals surface area contributed by atoms with Gasteiger partial charge in [0.25, 0.3) is 5.91 Å². The van der Waals surface area contributed by atoms with E-state index in [9.17, 15) is 9.59 Å². The summed E-state index contributed by atoms with van der Waals surface area (Å²) in [6.45, 7) is 4.51. The zero-order valence-electron chi connectivity index (χ0n) is 9.47. The van der Waals surface area contributed by atoms with Gasteiger partial charge in [0.05, 0.1) is 11.4 Å². The zero-order chi connectivity index (χ0) is 12.1. The Labute approximate surface area is 99.0 Å². The van der Waals surface area contributed by atoms with Gasteiger partial charge in [-0.15, -0.1) is 11.3 Å². The number of carbonyl (C=O) groups is 2. The molecule has 4 nitrogen and oxygen atoms in total. The molecule has 2 N–H and O–H groups in total. The van der Waals surface area contributed by atoms with E-state index in [4.69, 9.17) is 5.73 Å². The Balaban J connectivity index is 2.75. The van der Waals surface area contributed by atoms with Crippen LogP contribution < -0.4 is 5.73 Å². The number of rotatable bonds is 5. The Hall–Kier alpha value is -1.36. The average molecular weight is 240 g/mol. The highest BCUT2D eigenvalue weighted by atomic mass is 32.1. The van der Waals surface area contributed by atoms with E-state index in [1.54, 1.807) is 6.07 Å². The van der Waals surface area contributed by atoms with Crippen LogP contribution in [0.1, 0.15) is 23.5 Å². The summed E-state index contributed by atoms with van der Waals surface area (Å²) < 4.78 is 0. The number of nitrogens with two attached hydrogens (primary N) is 1. The molecule has 0 aliphatic rings. The van der Waals surface area contributed by atoms with E-state index in [1.165, 1.54) is 16.2 Å². The van der Waals surface area contributed by atoms with Crippen molar-refractivity contribution in [1.82, 2.24) is 4.90 Å². The summed E-state index contributed by atoms with van der Waals surface area (Å²) in [6.07, 6.45) is 0. The maximum atomic E-state index is 12.0. The molecule has 88 valence electrons. The Kier molecular flexibility index (Phi) is 4.49. The van der Waals surface area contributed by atoms with Crippen molar-refractivity contribution >= 4 is 23.2 Å². The minimum atomic E-state index is -0.481. The van der Waals surface area contributed by atoms with Crippen molar-refractivity contribution in [3.63, 3.8) is 0 Å². The first-order valence-electron chi connectivity index (χ1n) is 5.11. The molecule has 0 saturated heterocycles. The van der Waals surface area contributed by atoms with Crippen molar-refractivity contribution in [2.45, 2.75) is 13.8 Å². The van der Waals surface area contributed by atoms with Gasteiger partial charge < -0.3 is 10.6 Å². The third-order valence-electron chi connectivity index (χ3n) is 1.95. The Morgan fingerprint density at radius 2 is 2.19 bits per heavy atom. The molecule has 0 spiro atoms. The predicted octanol–water partition coefficient (Wildman–Crippen LogP) is 1.33. The Morgan fingerprint density at radius 3 is 2.62 bits per heavy atom. The lowest BCUT2D eigenvalue weighted by atomic mass is 10.2. The van der Waals surface area contributed by atoms with E-state index in [2.05, 4.69) is 0 Å². The van der Waals surface area contributed by atoms with Crippen molar-refractivity contribution < 1.29 is 9.59 Å². The maximum Gasteiger partial charge on any atom is 0.264 e. The molecular weight excluding hydrogens is 224 g/mol. The fourth-order valence-corrected chi connectivity index (χ4v) is 2.10. The van der Waals surface area contributed by atoms with Gasteiger partial charge in [-0.3, -0.25) is 9.59 Å². The van der Waals surface area contributed by atoms with Crippen LogP contribution in [0.3, 0.4) is 0 Å². The molecule has 0 aliphatic heterocycles. The van der Waals surface area contributed by atoms with Crippen molar-refractivity contribution in [2.24, 2.45) is 11.7 Å². The van der Waals surface area contributed by atoms with Gasteiger partial charge in [0.15, 0.2) is 0 Å². The van der Waals surface area contributed by atoms with E-state index in [1.807, 2.05) is 25.3 Å². The lowest BCUT2D eigenvalue weighted by Crippen LogP contribution is -2.40. The largest absolute Gasteiger partial charge is 0.368 e. The first-order valence-corrected chi connectivity index (χ1v) is 5.99. The summed E-state index contributed by atoms with van der Waals surface area (Å²) >= 11 is 1.37. The van der Waals surface area contributed by atoms with Crippen molar-refractivity contribution in [1.29, 1.82) is 0 Å². The summed E-state index contributed by atoms with van der Waals surface area (Å²) in [6, 6.07) is 3.57. The van der Waals surface area contributed by atoms with Crippen LogP contribution in [0, 0.1) is 5.92 Å². The molecule has 0 unspecified atom stereocenters. The molecule has 16 heavy (non-hydrogen) atoms. The van der Waals surface area contributed by atoms with Crippen LogP contribution in [-0.2, 0) is 4.79 Å². The minimum absolute atomic E-state index is 0.0189. The molecule has 1 rings (SSSR count). The number of primary amides is 1. The van der Waals surface area contributed by atoms with Crippen LogP contribution in [0.4, 0.5) is 0 Å². The fraction of sp³-hybridized carbons (Fsp3) is 0.455. The highest BCUT2D eigenvalue weighted by molar-refractivity contribution is 7.12. The average Bonchev–Trinajstić information content (AvgIpc) is 2.66. The fourth-order valence-electron chi connectivity index (χ4n) is 1.40. The van der Waals surface area contributed by atoms with Gasteiger partial charge in [-0.05, 0) is 17.4 Å². The summed E-state index contributed by atoms with van der Waals surface area (Å²) in [4.78, 5) is 25.0. The number of hydrogen-bond acceptors (Lipinski definition) is 3. The van der Waals surface area contributed by atoms with Gasteiger partial charge in [-0.25, -0.2) is 0 Å². The standard InChI is InChI=1S/C11H16N2O2S/c1-8(2)6-13(7-10(12)14)11(15)9-4-3-5-16-9/h3-5,8H,6-7H2,1-2H3,(H2,12,14). The zero-order valence-corrected chi connectivity index (χ0v) is 10.3. The van der Waals surface area contributed by atoms with Crippen molar-refractivity contribution in [3.05, 3.63) is 22.4 Å². The number of nitrogens with zero attached hydrogens (tertiary/aromatic N) is 1. The number of hydrogen-bond donors (Lipinski definition) is 1. The maximum absolute atomic E-state index is 12.0. The van der Waals surface area contributed by atoms with E-state index in [-0.39, 0.29) is 12.5 Å². The third kappa shape index (κ3) is 3.66. The number of carbonyl (C=O) groups excluding carboxylic acids is 2. The van der Waals surface area contributed by atoms with Gasteiger partial charge in [0, 0.05) is 6.54 Å². The first kappa shape index (κ1) is 12.7. The van der Waals surface area contributed by atoms with E-state index in [0.29, 0.717) is 17.3 Å². The molecule has 0 saturated carbocycles. The lowest BCUT2D eigenvalue weighted by molar-refractivity contribution is -0.118. The van der Waals surface area contributed by atoms with Gasteiger partial charge in [0.2, 0.25) is 5.91 Å². The summed E-state index contributed by atoms with van der Waals surface area (Å²) in [5.41, 5.74) is 5.13. The van der Waals surface area contributed by atoms with E-state index in [0.717, 1.165) is 0 Å². The smallest absolute Gasteiger partial charge is 0.264 e. The normalized spacial score (nSPS) is 10.4. The van der Waals surface area contributed by atoms with Gasteiger partial charge in [-0.1, -0.05) is 19.9 Å². The molecule has 5 heteroatoms. The second-order valence-corrected chi connectivity index (χ2v) is 4.97. The first-order chi connectivity index (χ1) is 7.50. The Bertz CT molecular complexity index is 360. The third-order valence-corrected chi connectivity index (χ3v) is 2.81. The monoisotopic (exact) mass is 240 g/mol. The summed E-state index contributed by atoms with van der Waals surface area (Å²) in [5.74, 6) is -0.295. The molecule has 0 fully saturated rings. The molecule has 1 aromatic heterocycles. The predicted molar refractivity (Wildman–Crippen MR) is 64.3 cm³/mol. The highest BCUT2D eigenvalue weighted by Crippen LogP contribution is 2.13. The second kappa shape index (κ2) is 5.65.